The largest absolute Gasteiger partial charge is 0.316 e. The topological polar surface area (TPSA) is 54.5 Å². The average molecular weight is 355 g/mol. The fourth-order valence-corrected chi connectivity index (χ4v) is 6.82. The molecule has 26 heavy (non-hydrogen) atoms. The number of amides is 1. The number of rotatable bonds is 2. The van der Waals surface area contributed by atoms with Gasteiger partial charge in [0.1, 0.15) is 11.6 Å². The Balaban J connectivity index is 1.54. The monoisotopic (exact) mass is 355 g/mol. The van der Waals surface area contributed by atoms with Crippen molar-refractivity contribution in [2.45, 2.75) is 65.2 Å². The molecule has 0 radical (unpaired) electrons. The number of Topliss-reactive ketones (excluding diaryl/α,β-unsaturated/α-hetero) is 2. The van der Waals surface area contributed by atoms with Crippen LogP contribution in [0.5, 0.6) is 0 Å². The van der Waals surface area contributed by atoms with Crippen LogP contribution in [0.25, 0.3) is 0 Å². The van der Waals surface area contributed by atoms with E-state index in [1.54, 1.807) is 0 Å². The summed E-state index contributed by atoms with van der Waals surface area (Å²) in [7, 11) is 0. The summed E-state index contributed by atoms with van der Waals surface area (Å²) in [5.41, 5.74) is 0.469. The van der Waals surface area contributed by atoms with Gasteiger partial charge in [-0.2, -0.15) is 0 Å². The summed E-state index contributed by atoms with van der Waals surface area (Å²) in [5, 5.41) is 0. The molecule has 0 aromatic carbocycles. The van der Waals surface area contributed by atoms with Gasteiger partial charge in [-0.05, 0) is 49.9 Å². The number of nitrogens with zero attached hydrogens (tertiary/aromatic N) is 1. The molecule has 3 saturated carbocycles. The van der Waals surface area contributed by atoms with E-state index in [4.69, 9.17) is 0 Å². The average Bonchev–Trinajstić information content (AvgIpc) is 3.35. The molecule has 0 N–H and O–H groups in total. The molecular weight excluding hydrogens is 326 g/mol. The molecule has 0 aromatic heterocycles. The number of piperidine rings is 1. The Hall–Kier alpha value is -1.45. The van der Waals surface area contributed by atoms with E-state index in [2.05, 4.69) is 13.0 Å². The number of hydrogen-bond acceptors (Lipinski definition) is 3. The first-order chi connectivity index (χ1) is 12.3. The minimum absolute atomic E-state index is 0.0127. The standard InChI is InChI=1S/C22H29NO3/c1-21-10-9-19(26)23(12-13-3-4-13)17(21)7-5-14-15-6-8-18(25)22(15,2)11-16(24)20(14)21/h7,13-15,20H,3-6,8-12H2,1-2H3/t14-,15-,20+,21-,22-/m0/s1. The molecule has 0 unspecified atom stereocenters. The van der Waals surface area contributed by atoms with Crippen molar-refractivity contribution >= 4 is 17.5 Å². The molecule has 4 nitrogen and oxygen atoms in total. The molecule has 4 heteroatoms. The Bertz CT molecular complexity index is 736. The van der Waals surface area contributed by atoms with Crippen LogP contribution in [0.1, 0.15) is 65.2 Å². The lowest BCUT2D eigenvalue weighted by Crippen LogP contribution is -2.57. The molecule has 4 aliphatic carbocycles. The van der Waals surface area contributed by atoms with Crippen molar-refractivity contribution in [3.05, 3.63) is 11.8 Å². The summed E-state index contributed by atoms with van der Waals surface area (Å²) in [4.78, 5) is 40.5. The zero-order valence-electron chi connectivity index (χ0n) is 15.9. The van der Waals surface area contributed by atoms with Crippen LogP contribution >= 0.6 is 0 Å². The maximum Gasteiger partial charge on any atom is 0.226 e. The predicted molar refractivity (Wildman–Crippen MR) is 96.9 cm³/mol. The highest BCUT2D eigenvalue weighted by molar-refractivity contribution is 5.96. The third-order valence-corrected chi connectivity index (χ3v) is 8.41. The summed E-state index contributed by atoms with van der Waals surface area (Å²) in [6.45, 7) is 5.09. The minimum atomic E-state index is -0.432. The Morgan fingerprint density at radius 2 is 1.85 bits per heavy atom. The van der Waals surface area contributed by atoms with Gasteiger partial charge in [-0.25, -0.2) is 0 Å². The van der Waals surface area contributed by atoms with Gasteiger partial charge >= 0.3 is 0 Å². The fourth-order valence-electron chi connectivity index (χ4n) is 6.82. The third-order valence-electron chi connectivity index (χ3n) is 8.41. The van der Waals surface area contributed by atoms with Crippen LogP contribution < -0.4 is 0 Å². The van der Waals surface area contributed by atoms with E-state index >= 15 is 0 Å². The molecule has 5 atom stereocenters. The number of hydrogen-bond donors (Lipinski definition) is 0. The van der Waals surface area contributed by atoms with Crippen LogP contribution in [-0.2, 0) is 14.4 Å². The highest BCUT2D eigenvalue weighted by atomic mass is 16.2. The molecule has 140 valence electrons. The zero-order chi connectivity index (χ0) is 18.3. The molecule has 1 heterocycles. The van der Waals surface area contributed by atoms with Gasteiger partial charge in [0, 0.05) is 48.3 Å². The highest BCUT2D eigenvalue weighted by Gasteiger charge is 2.62. The van der Waals surface area contributed by atoms with Crippen LogP contribution in [0.2, 0.25) is 0 Å². The number of carbonyl (C=O) groups excluding carboxylic acids is 3. The summed E-state index contributed by atoms with van der Waals surface area (Å²) < 4.78 is 0. The second kappa shape index (κ2) is 5.30. The second-order valence-corrected chi connectivity index (χ2v) is 9.96. The maximum atomic E-state index is 13.3. The first-order valence-corrected chi connectivity index (χ1v) is 10.4. The highest BCUT2D eigenvalue weighted by Crippen LogP contribution is 2.62. The molecule has 0 spiro atoms. The number of allylic oxidation sites excluding steroid dienone is 2. The van der Waals surface area contributed by atoms with Gasteiger partial charge in [-0.15, -0.1) is 0 Å². The van der Waals surface area contributed by atoms with E-state index in [-0.39, 0.29) is 28.9 Å². The quantitative estimate of drug-likeness (QED) is 0.762. The van der Waals surface area contributed by atoms with Gasteiger partial charge in [0.2, 0.25) is 5.91 Å². The van der Waals surface area contributed by atoms with Gasteiger partial charge in [-0.1, -0.05) is 19.9 Å². The molecule has 1 amide bonds. The van der Waals surface area contributed by atoms with Crippen LogP contribution in [0, 0.1) is 34.5 Å². The van der Waals surface area contributed by atoms with Crippen LogP contribution in [0.3, 0.4) is 0 Å². The van der Waals surface area contributed by atoms with E-state index in [0.29, 0.717) is 36.9 Å². The van der Waals surface area contributed by atoms with Crippen molar-refractivity contribution in [3.63, 3.8) is 0 Å². The number of carbonyl (C=O) groups is 3. The van der Waals surface area contributed by atoms with Crippen molar-refractivity contribution in [2.24, 2.45) is 34.5 Å². The predicted octanol–water partition coefficient (Wildman–Crippen LogP) is 3.50. The van der Waals surface area contributed by atoms with Crippen LogP contribution in [0.4, 0.5) is 0 Å². The van der Waals surface area contributed by atoms with Crippen molar-refractivity contribution in [2.75, 3.05) is 6.54 Å². The summed E-state index contributed by atoms with van der Waals surface area (Å²) in [5.74, 6) is 2.06. The second-order valence-electron chi connectivity index (χ2n) is 9.96. The first kappa shape index (κ1) is 16.7. The minimum Gasteiger partial charge on any atom is -0.316 e. The zero-order valence-corrected chi connectivity index (χ0v) is 15.9. The molecule has 5 rings (SSSR count). The third kappa shape index (κ3) is 2.10. The Labute approximate surface area is 155 Å². The summed E-state index contributed by atoms with van der Waals surface area (Å²) in [6, 6.07) is 0. The van der Waals surface area contributed by atoms with E-state index in [0.717, 1.165) is 31.5 Å². The molecule has 4 fully saturated rings. The van der Waals surface area contributed by atoms with E-state index in [1.165, 1.54) is 12.8 Å². The lowest BCUT2D eigenvalue weighted by molar-refractivity contribution is -0.152. The van der Waals surface area contributed by atoms with Gasteiger partial charge in [-0.3, -0.25) is 14.4 Å². The van der Waals surface area contributed by atoms with Gasteiger partial charge in [0.05, 0.1) is 0 Å². The van der Waals surface area contributed by atoms with Crippen LogP contribution in [0.15, 0.2) is 11.8 Å². The Kier molecular flexibility index (Phi) is 3.40. The number of fused-ring (bicyclic) bond motifs is 5. The molecule has 0 bridgehead atoms. The molecular formula is C22H29NO3. The lowest BCUT2D eigenvalue weighted by Gasteiger charge is -2.56. The Morgan fingerprint density at radius 3 is 2.58 bits per heavy atom. The van der Waals surface area contributed by atoms with E-state index < -0.39 is 5.41 Å². The number of likely N-dealkylation sites (tertiary alicyclic amines) is 1. The van der Waals surface area contributed by atoms with Crippen molar-refractivity contribution in [3.8, 4) is 0 Å². The molecule has 0 aromatic rings. The Morgan fingerprint density at radius 1 is 1.08 bits per heavy atom. The normalized spacial score (nSPS) is 45.2. The molecule has 5 aliphatic rings. The fraction of sp³-hybridized carbons (Fsp3) is 0.773. The van der Waals surface area contributed by atoms with E-state index in [9.17, 15) is 14.4 Å². The lowest BCUT2D eigenvalue weighted by atomic mass is 9.49. The molecule has 1 saturated heterocycles. The van der Waals surface area contributed by atoms with Gasteiger partial charge < -0.3 is 4.90 Å². The first-order valence-electron chi connectivity index (χ1n) is 10.4. The maximum absolute atomic E-state index is 13.3. The smallest absolute Gasteiger partial charge is 0.226 e. The van der Waals surface area contributed by atoms with Crippen LogP contribution in [-0.4, -0.2) is 28.9 Å². The summed E-state index contributed by atoms with van der Waals surface area (Å²) >= 11 is 0. The van der Waals surface area contributed by atoms with Crippen molar-refractivity contribution in [1.29, 1.82) is 0 Å². The van der Waals surface area contributed by atoms with E-state index in [1.807, 2.05) is 11.8 Å². The SMILES string of the molecule is C[C@]12CCC(=O)N(CC3CC3)C1=CC[C@@H]1[C@@H]2C(=O)C[C@]2(C)C(=O)CC[C@@H]12. The summed E-state index contributed by atoms with van der Waals surface area (Å²) in [6.07, 6.45) is 8.89. The molecule has 1 aliphatic heterocycles. The van der Waals surface area contributed by atoms with Crippen molar-refractivity contribution < 1.29 is 14.4 Å². The van der Waals surface area contributed by atoms with Crippen molar-refractivity contribution in [1.82, 2.24) is 4.90 Å². The van der Waals surface area contributed by atoms with Gasteiger partial charge in [0.25, 0.3) is 0 Å². The van der Waals surface area contributed by atoms with Gasteiger partial charge in [0.15, 0.2) is 0 Å². The number of ketones is 2.